The third-order valence-corrected chi connectivity index (χ3v) is 8.61. The highest BCUT2D eigenvalue weighted by atomic mass is 16.3. The number of hydrogen-bond acceptors (Lipinski definition) is 4. The van der Waals surface area contributed by atoms with Crippen LogP contribution in [0.2, 0.25) is 0 Å². The van der Waals surface area contributed by atoms with Crippen molar-refractivity contribution in [2.75, 3.05) is 0 Å². The van der Waals surface area contributed by atoms with E-state index in [1.807, 2.05) is 48.5 Å². The molecule has 0 aliphatic rings. The van der Waals surface area contributed by atoms with Crippen molar-refractivity contribution in [1.29, 1.82) is 0 Å². The Morgan fingerprint density at radius 1 is 0.465 bits per heavy atom. The average Bonchev–Trinajstić information content (AvgIpc) is 3.72. The fourth-order valence-electron chi connectivity index (χ4n) is 6.64. The maximum absolute atomic E-state index is 6.41. The van der Waals surface area contributed by atoms with Gasteiger partial charge in [-0.05, 0) is 59.3 Å². The molecule has 10 rings (SSSR count). The number of rotatable bonds is 2. The van der Waals surface area contributed by atoms with E-state index in [-0.39, 0.29) is 0 Å². The number of furan rings is 2. The molecule has 10 aromatic rings. The molecule has 0 atom stereocenters. The van der Waals surface area contributed by atoms with Gasteiger partial charge in [0.25, 0.3) is 0 Å². The Hall–Kier alpha value is -5.94. The first-order valence-corrected chi connectivity index (χ1v) is 14.3. The fourth-order valence-corrected chi connectivity index (χ4v) is 6.64. The van der Waals surface area contributed by atoms with E-state index in [0.29, 0.717) is 11.5 Å². The summed E-state index contributed by atoms with van der Waals surface area (Å²) in [5.74, 6) is 1.39. The Labute approximate surface area is 244 Å². The van der Waals surface area contributed by atoms with E-state index in [9.17, 15) is 0 Å². The van der Waals surface area contributed by atoms with Gasteiger partial charge in [-0.3, -0.25) is 4.57 Å². The first-order chi connectivity index (χ1) is 21.3. The zero-order chi connectivity index (χ0) is 28.1. The van der Waals surface area contributed by atoms with Crippen LogP contribution in [-0.4, -0.2) is 14.5 Å². The maximum atomic E-state index is 6.41. The Balaban J connectivity index is 1.35. The molecule has 200 valence electrons. The molecule has 0 aliphatic carbocycles. The van der Waals surface area contributed by atoms with Crippen molar-refractivity contribution in [2.24, 2.45) is 0 Å². The molecule has 0 radical (unpaired) electrons. The second kappa shape index (κ2) is 8.30. The van der Waals surface area contributed by atoms with Gasteiger partial charge in [0.2, 0.25) is 5.71 Å². The second-order valence-electron chi connectivity index (χ2n) is 11.0. The molecule has 5 heteroatoms. The summed E-state index contributed by atoms with van der Waals surface area (Å²) >= 11 is 0. The Kier molecular flexibility index (Phi) is 4.39. The number of aromatic nitrogens is 3. The van der Waals surface area contributed by atoms with E-state index >= 15 is 0 Å². The van der Waals surface area contributed by atoms with Crippen LogP contribution in [0.25, 0.3) is 93.8 Å². The van der Waals surface area contributed by atoms with E-state index in [2.05, 4.69) is 83.4 Å². The lowest BCUT2D eigenvalue weighted by Gasteiger charge is -2.11. The van der Waals surface area contributed by atoms with Crippen LogP contribution in [0.5, 0.6) is 0 Å². The number of para-hydroxylation sites is 3. The van der Waals surface area contributed by atoms with Crippen LogP contribution < -0.4 is 0 Å². The van der Waals surface area contributed by atoms with Crippen LogP contribution in [0.1, 0.15) is 0 Å². The monoisotopic (exact) mass is 551 g/mol. The molecule has 6 aromatic carbocycles. The van der Waals surface area contributed by atoms with Crippen molar-refractivity contribution in [3.05, 3.63) is 127 Å². The van der Waals surface area contributed by atoms with Gasteiger partial charge < -0.3 is 8.83 Å². The van der Waals surface area contributed by atoms with Crippen LogP contribution in [-0.2, 0) is 0 Å². The van der Waals surface area contributed by atoms with Crippen LogP contribution >= 0.6 is 0 Å². The first-order valence-electron chi connectivity index (χ1n) is 14.3. The maximum Gasteiger partial charge on any atom is 0.233 e. The predicted molar refractivity (Wildman–Crippen MR) is 174 cm³/mol. The summed E-state index contributed by atoms with van der Waals surface area (Å²) in [5, 5.41) is 8.73. The second-order valence-corrected chi connectivity index (χ2v) is 11.0. The molecule has 4 aromatic heterocycles. The fraction of sp³-hybridized carbons (Fsp3) is 0. The molecule has 0 unspecified atom stereocenters. The molecular formula is C38H21N3O2. The Morgan fingerprint density at radius 2 is 1.14 bits per heavy atom. The van der Waals surface area contributed by atoms with Gasteiger partial charge in [0, 0.05) is 32.5 Å². The minimum atomic E-state index is 0.560. The summed E-state index contributed by atoms with van der Waals surface area (Å²) in [6.45, 7) is 0. The van der Waals surface area contributed by atoms with Crippen LogP contribution in [0.15, 0.2) is 136 Å². The van der Waals surface area contributed by atoms with Crippen molar-refractivity contribution < 1.29 is 8.83 Å². The minimum absolute atomic E-state index is 0.560. The highest BCUT2D eigenvalue weighted by Gasteiger charge is 2.22. The standard InChI is InChI=1S/C38H21N3O2/c1-2-10-23-21-31-28(19-22(23)9-1)25-11-3-6-14-30(25)41(31)37-35-27-13-5-8-16-33(27)43-38(35)40-36(39-37)24-17-18-34-29(20-24)26-12-4-7-15-32(26)42-34/h1-21H. The zero-order valence-corrected chi connectivity index (χ0v) is 22.8. The van der Waals surface area contributed by atoms with Crippen LogP contribution in [0.4, 0.5) is 0 Å². The smallest absolute Gasteiger partial charge is 0.233 e. The van der Waals surface area contributed by atoms with E-state index in [1.165, 1.54) is 21.5 Å². The quantitative estimate of drug-likeness (QED) is 0.214. The SMILES string of the molecule is c1ccc2cc3c(cc2c1)c1ccccc1n3-c1nc(-c2ccc3oc4ccccc4c3c2)nc2oc3ccccc3c12. The first kappa shape index (κ1) is 22.7. The number of benzene rings is 6. The third kappa shape index (κ3) is 3.16. The molecule has 0 saturated heterocycles. The summed E-state index contributed by atoms with van der Waals surface area (Å²) < 4.78 is 14.8. The summed E-state index contributed by atoms with van der Waals surface area (Å²) in [5.41, 5.74) is 6.12. The predicted octanol–water partition coefficient (Wildman–Crippen LogP) is 10.2. The van der Waals surface area contributed by atoms with Crippen LogP contribution in [0, 0.1) is 0 Å². The number of nitrogens with zero attached hydrogens (tertiary/aromatic N) is 3. The summed E-state index contributed by atoms with van der Waals surface area (Å²) in [6, 6.07) is 43.9. The van der Waals surface area contributed by atoms with Gasteiger partial charge in [-0.15, -0.1) is 0 Å². The van der Waals surface area contributed by atoms with E-state index in [1.54, 1.807) is 0 Å². The van der Waals surface area contributed by atoms with E-state index < -0.39 is 0 Å². The molecule has 5 nitrogen and oxygen atoms in total. The normalized spacial score (nSPS) is 12.2. The number of hydrogen-bond donors (Lipinski definition) is 0. The highest BCUT2D eigenvalue weighted by molar-refractivity contribution is 6.16. The van der Waals surface area contributed by atoms with Crippen LogP contribution in [0.3, 0.4) is 0 Å². The molecule has 0 spiro atoms. The minimum Gasteiger partial charge on any atom is -0.456 e. The van der Waals surface area contributed by atoms with E-state index in [4.69, 9.17) is 18.8 Å². The lowest BCUT2D eigenvalue weighted by molar-refractivity contribution is 0.653. The number of fused-ring (bicyclic) bond motifs is 10. The van der Waals surface area contributed by atoms with Crippen molar-refractivity contribution in [2.45, 2.75) is 0 Å². The third-order valence-electron chi connectivity index (χ3n) is 8.61. The van der Waals surface area contributed by atoms with Crippen molar-refractivity contribution in [3.63, 3.8) is 0 Å². The van der Waals surface area contributed by atoms with Gasteiger partial charge >= 0.3 is 0 Å². The topological polar surface area (TPSA) is 57.0 Å². The van der Waals surface area contributed by atoms with Gasteiger partial charge in [0.15, 0.2) is 11.6 Å². The molecule has 4 heterocycles. The Morgan fingerprint density at radius 3 is 2.00 bits per heavy atom. The molecule has 0 aliphatic heterocycles. The van der Waals surface area contributed by atoms with Gasteiger partial charge in [-0.2, -0.15) is 4.98 Å². The highest BCUT2D eigenvalue weighted by Crippen LogP contribution is 2.40. The lowest BCUT2D eigenvalue weighted by Crippen LogP contribution is -2.02. The lowest BCUT2D eigenvalue weighted by atomic mass is 10.1. The van der Waals surface area contributed by atoms with E-state index in [0.717, 1.165) is 60.7 Å². The molecular weight excluding hydrogens is 530 g/mol. The molecule has 0 bridgehead atoms. The molecule has 0 fully saturated rings. The summed E-state index contributed by atoms with van der Waals surface area (Å²) in [6.07, 6.45) is 0. The van der Waals surface area contributed by atoms with Gasteiger partial charge in [0.1, 0.15) is 16.7 Å². The van der Waals surface area contributed by atoms with Gasteiger partial charge in [-0.25, -0.2) is 4.98 Å². The summed E-state index contributed by atoms with van der Waals surface area (Å²) in [7, 11) is 0. The Bertz CT molecular complexity index is 2750. The molecule has 43 heavy (non-hydrogen) atoms. The molecule has 0 saturated carbocycles. The zero-order valence-electron chi connectivity index (χ0n) is 22.8. The molecule has 0 amide bonds. The van der Waals surface area contributed by atoms with Crippen molar-refractivity contribution in [3.8, 4) is 17.2 Å². The van der Waals surface area contributed by atoms with Gasteiger partial charge in [0.05, 0.1) is 16.4 Å². The largest absolute Gasteiger partial charge is 0.456 e. The molecule has 0 N–H and O–H groups in total. The van der Waals surface area contributed by atoms with Crippen molar-refractivity contribution in [1.82, 2.24) is 14.5 Å². The average molecular weight is 552 g/mol. The van der Waals surface area contributed by atoms with Gasteiger partial charge in [-0.1, -0.05) is 78.9 Å². The summed E-state index contributed by atoms with van der Waals surface area (Å²) in [4.78, 5) is 10.4. The van der Waals surface area contributed by atoms with Crippen molar-refractivity contribution >= 4 is 76.6 Å².